The lowest BCUT2D eigenvalue weighted by atomic mass is 10.1. The zero-order valence-corrected chi connectivity index (χ0v) is 15.5. The van der Waals surface area contributed by atoms with Crippen molar-refractivity contribution in [1.82, 2.24) is 25.3 Å². The van der Waals surface area contributed by atoms with Crippen LogP contribution in [0.15, 0.2) is 24.3 Å². The molecule has 0 saturated heterocycles. The number of hydrogen-bond acceptors (Lipinski definition) is 3. The predicted octanol–water partition coefficient (Wildman–Crippen LogP) is 3.66. The minimum absolute atomic E-state index is 0.260. The second-order valence-electron chi connectivity index (χ2n) is 5.75. The van der Waals surface area contributed by atoms with Gasteiger partial charge in [-0.25, -0.2) is 0 Å². The van der Waals surface area contributed by atoms with Crippen LogP contribution in [0.4, 0.5) is 0 Å². The molecule has 130 valence electrons. The van der Waals surface area contributed by atoms with Crippen LogP contribution in [0.25, 0.3) is 11.3 Å². The Morgan fingerprint density at radius 2 is 2.04 bits per heavy atom. The molecule has 0 unspecified atom stereocenters. The number of aryl methyl sites for hydroxylation is 2. The number of rotatable bonds is 4. The van der Waals surface area contributed by atoms with Crippen molar-refractivity contribution in [3.05, 3.63) is 57.0 Å². The summed E-state index contributed by atoms with van der Waals surface area (Å²) >= 11 is 12.0. The molecule has 25 heavy (non-hydrogen) atoms. The van der Waals surface area contributed by atoms with Gasteiger partial charge in [0.1, 0.15) is 5.69 Å². The largest absolute Gasteiger partial charge is 0.347 e. The number of carbonyl (C=O) groups is 1. The third kappa shape index (κ3) is 3.55. The lowest BCUT2D eigenvalue weighted by molar-refractivity contribution is 0.0946. The number of H-pyrrole nitrogens is 1. The summed E-state index contributed by atoms with van der Waals surface area (Å²) in [6, 6.07) is 6.88. The first-order valence-corrected chi connectivity index (χ1v) is 8.40. The molecular formula is C17H17Cl2N5O. The monoisotopic (exact) mass is 377 g/mol. The van der Waals surface area contributed by atoms with E-state index in [-0.39, 0.29) is 5.91 Å². The summed E-state index contributed by atoms with van der Waals surface area (Å²) in [7, 11) is 1.88. The van der Waals surface area contributed by atoms with E-state index in [9.17, 15) is 4.79 Å². The third-order valence-corrected chi connectivity index (χ3v) is 4.63. The molecule has 3 aromatic rings. The molecule has 0 atom stereocenters. The Balaban J connectivity index is 1.74. The molecule has 8 heteroatoms. The van der Waals surface area contributed by atoms with Crippen molar-refractivity contribution in [1.29, 1.82) is 0 Å². The smallest absolute Gasteiger partial charge is 0.269 e. The summed E-state index contributed by atoms with van der Waals surface area (Å²) in [6.45, 7) is 4.18. The fourth-order valence-electron chi connectivity index (χ4n) is 2.65. The maximum Gasteiger partial charge on any atom is 0.269 e. The van der Waals surface area contributed by atoms with Crippen molar-refractivity contribution in [3.8, 4) is 11.3 Å². The lowest BCUT2D eigenvalue weighted by Crippen LogP contribution is -2.23. The number of aromatic nitrogens is 4. The van der Waals surface area contributed by atoms with Crippen LogP contribution in [0.2, 0.25) is 10.0 Å². The van der Waals surface area contributed by atoms with E-state index >= 15 is 0 Å². The minimum atomic E-state index is -0.260. The molecule has 0 spiro atoms. The maximum atomic E-state index is 12.3. The molecule has 2 aromatic heterocycles. The molecule has 1 aromatic carbocycles. The first kappa shape index (κ1) is 17.5. The highest BCUT2D eigenvalue weighted by Crippen LogP contribution is 2.25. The molecule has 0 radical (unpaired) electrons. The van der Waals surface area contributed by atoms with E-state index < -0.39 is 0 Å². The van der Waals surface area contributed by atoms with Crippen molar-refractivity contribution < 1.29 is 4.79 Å². The molecule has 0 bridgehead atoms. The van der Waals surface area contributed by atoms with Crippen LogP contribution in [-0.2, 0) is 13.6 Å². The van der Waals surface area contributed by atoms with Crippen LogP contribution >= 0.6 is 23.2 Å². The lowest BCUT2D eigenvalue weighted by Gasteiger charge is -2.06. The molecule has 2 heterocycles. The molecule has 3 rings (SSSR count). The van der Waals surface area contributed by atoms with Gasteiger partial charge in [0.25, 0.3) is 5.91 Å². The van der Waals surface area contributed by atoms with Gasteiger partial charge in [-0.1, -0.05) is 29.3 Å². The molecule has 0 saturated carbocycles. The van der Waals surface area contributed by atoms with E-state index in [1.807, 2.05) is 20.9 Å². The fraction of sp³-hybridized carbons (Fsp3) is 0.235. The van der Waals surface area contributed by atoms with Crippen molar-refractivity contribution in [3.63, 3.8) is 0 Å². The van der Waals surface area contributed by atoms with Gasteiger partial charge in [0.2, 0.25) is 0 Å². The van der Waals surface area contributed by atoms with E-state index in [0.717, 1.165) is 22.5 Å². The second-order valence-corrected chi connectivity index (χ2v) is 6.60. The van der Waals surface area contributed by atoms with Gasteiger partial charge in [-0.15, -0.1) is 0 Å². The molecule has 0 aliphatic rings. The number of benzene rings is 1. The number of nitrogens with zero attached hydrogens (tertiary/aromatic N) is 3. The van der Waals surface area contributed by atoms with Gasteiger partial charge in [0.05, 0.1) is 11.4 Å². The van der Waals surface area contributed by atoms with Crippen LogP contribution in [0.3, 0.4) is 0 Å². The van der Waals surface area contributed by atoms with Crippen LogP contribution in [0.1, 0.15) is 27.4 Å². The first-order valence-electron chi connectivity index (χ1n) is 7.65. The van der Waals surface area contributed by atoms with Crippen LogP contribution < -0.4 is 5.32 Å². The van der Waals surface area contributed by atoms with E-state index in [1.165, 1.54) is 0 Å². The average Bonchev–Trinajstić information content (AvgIpc) is 3.12. The van der Waals surface area contributed by atoms with Gasteiger partial charge in [-0.3, -0.25) is 14.6 Å². The maximum absolute atomic E-state index is 12.3. The summed E-state index contributed by atoms with van der Waals surface area (Å²) in [6.07, 6.45) is 0. The number of halogens is 2. The third-order valence-electron chi connectivity index (χ3n) is 4.04. The van der Waals surface area contributed by atoms with Crippen molar-refractivity contribution in [2.24, 2.45) is 7.05 Å². The van der Waals surface area contributed by atoms with Crippen LogP contribution in [0, 0.1) is 13.8 Å². The second kappa shape index (κ2) is 6.90. The molecule has 6 nitrogen and oxygen atoms in total. The molecule has 0 aliphatic carbocycles. The Morgan fingerprint density at radius 3 is 2.68 bits per heavy atom. The molecular weight excluding hydrogens is 361 g/mol. The van der Waals surface area contributed by atoms with Gasteiger partial charge in [0.15, 0.2) is 0 Å². The SMILES string of the molecule is Cc1nn(C)c(C)c1-c1cc(C(=O)NCc2ccc(Cl)cc2Cl)[nH]n1. The molecule has 0 aliphatic heterocycles. The molecule has 1 amide bonds. The minimum Gasteiger partial charge on any atom is -0.347 e. The highest BCUT2D eigenvalue weighted by atomic mass is 35.5. The van der Waals surface area contributed by atoms with Crippen molar-refractivity contribution in [2.45, 2.75) is 20.4 Å². The fourth-order valence-corrected chi connectivity index (χ4v) is 3.12. The summed E-state index contributed by atoms with van der Waals surface area (Å²) in [5.74, 6) is -0.260. The predicted molar refractivity (Wildman–Crippen MR) is 97.9 cm³/mol. The van der Waals surface area contributed by atoms with Crippen molar-refractivity contribution >= 4 is 29.1 Å². The number of amides is 1. The Bertz CT molecular complexity index is 945. The number of aromatic amines is 1. The number of hydrogen-bond donors (Lipinski definition) is 2. The average molecular weight is 378 g/mol. The van der Waals surface area contributed by atoms with E-state index in [0.29, 0.717) is 28.0 Å². The summed E-state index contributed by atoms with van der Waals surface area (Å²) < 4.78 is 1.79. The Hall–Kier alpha value is -2.31. The van der Waals surface area contributed by atoms with E-state index in [4.69, 9.17) is 23.2 Å². The topological polar surface area (TPSA) is 75.6 Å². The normalized spacial score (nSPS) is 10.9. The number of carbonyl (C=O) groups excluding carboxylic acids is 1. The van der Waals surface area contributed by atoms with E-state index in [2.05, 4.69) is 20.6 Å². The van der Waals surface area contributed by atoms with Gasteiger partial charge in [0, 0.05) is 34.9 Å². The molecule has 2 N–H and O–H groups in total. The van der Waals surface area contributed by atoms with Crippen LogP contribution in [0.5, 0.6) is 0 Å². The van der Waals surface area contributed by atoms with Gasteiger partial charge in [-0.05, 0) is 37.6 Å². The van der Waals surface area contributed by atoms with E-state index in [1.54, 1.807) is 28.9 Å². The van der Waals surface area contributed by atoms with Gasteiger partial charge >= 0.3 is 0 Å². The first-order chi connectivity index (χ1) is 11.9. The van der Waals surface area contributed by atoms with Crippen molar-refractivity contribution in [2.75, 3.05) is 0 Å². The van der Waals surface area contributed by atoms with Gasteiger partial charge in [-0.2, -0.15) is 10.2 Å². The van der Waals surface area contributed by atoms with Crippen LogP contribution in [-0.4, -0.2) is 25.9 Å². The quantitative estimate of drug-likeness (QED) is 0.728. The zero-order valence-electron chi connectivity index (χ0n) is 14.0. The highest BCUT2D eigenvalue weighted by molar-refractivity contribution is 6.35. The summed E-state index contributed by atoms with van der Waals surface area (Å²) in [4.78, 5) is 12.3. The summed E-state index contributed by atoms with van der Waals surface area (Å²) in [5, 5.41) is 15.3. The summed E-state index contributed by atoms with van der Waals surface area (Å²) in [5.41, 5.74) is 4.65. The molecule has 0 fully saturated rings. The zero-order chi connectivity index (χ0) is 18.1. The Morgan fingerprint density at radius 1 is 1.28 bits per heavy atom. The highest BCUT2D eigenvalue weighted by Gasteiger charge is 2.17. The van der Waals surface area contributed by atoms with Gasteiger partial charge < -0.3 is 5.32 Å². The Kier molecular flexibility index (Phi) is 4.83. The standard InChI is InChI=1S/C17H17Cl2N5O/c1-9-16(10(2)24(3)23-9)14-7-15(22-21-14)17(25)20-8-11-4-5-12(18)6-13(11)19/h4-7H,8H2,1-3H3,(H,20,25)(H,21,22). The number of nitrogens with one attached hydrogen (secondary N) is 2. The Labute approximate surface area is 155 Å².